The lowest BCUT2D eigenvalue weighted by Gasteiger charge is -2.20. The predicted molar refractivity (Wildman–Crippen MR) is 98.4 cm³/mol. The number of quaternary nitrogens is 1. The van der Waals surface area contributed by atoms with Crippen LogP contribution in [0.2, 0.25) is 0 Å². The average Bonchev–Trinajstić information content (AvgIpc) is 3.05. The molecule has 0 saturated carbocycles. The zero-order valence-corrected chi connectivity index (χ0v) is 15.1. The van der Waals surface area contributed by atoms with E-state index in [9.17, 15) is 9.59 Å². The fraction of sp³-hybridized carbons (Fsp3) is 0.389. The number of nitrogens with one attached hydrogen (secondary N) is 1. The van der Waals surface area contributed by atoms with Crippen molar-refractivity contribution in [3.8, 4) is 0 Å². The van der Waals surface area contributed by atoms with E-state index in [0.29, 0.717) is 17.7 Å². The fourth-order valence-electron chi connectivity index (χ4n) is 3.62. The number of H-pyrrole nitrogens is 1. The van der Waals surface area contributed by atoms with E-state index in [1.807, 2.05) is 34.9 Å². The fourth-order valence-corrected chi connectivity index (χ4v) is 3.62. The molecule has 3 N–H and O–H groups in total. The summed E-state index contributed by atoms with van der Waals surface area (Å²) in [5.74, 6) is 0.884. The van der Waals surface area contributed by atoms with Crippen molar-refractivity contribution in [2.45, 2.75) is 6.54 Å². The first-order chi connectivity index (χ1) is 12.6. The maximum absolute atomic E-state index is 12.9. The number of hydrogen-bond donors (Lipinski definition) is 2. The smallest absolute Gasteiger partial charge is 0.341 e. The van der Waals surface area contributed by atoms with Crippen molar-refractivity contribution in [2.24, 2.45) is 14.1 Å². The summed E-state index contributed by atoms with van der Waals surface area (Å²) in [6.45, 7) is 4.39. The van der Waals surface area contributed by atoms with Gasteiger partial charge in [0.05, 0.1) is 6.54 Å². The Morgan fingerprint density at radius 2 is 1.77 bits per heavy atom. The number of nitrogens with zero attached hydrogens (tertiary/aromatic N) is 4. The molecule has 1 aliphatic heterocycles. The van der Waals surface area contributed by atoms with E-state index in [2.05, 4.69) is 15.2 Å². The van der Waals surface area contributed by atoms with Crippen LogP contribution < -0.4 is 26.0 Å². The maximum atomic E-state index is 12.9. The topological polar surface area (TPSA) is 83.5 Å². The highest BCUT2D eigenvalue weighted by Gasteiger charge is 2.30. The molecule has 4 rings (SSSR count). The van der Waals surface area contributed by atoms with Gasteiger partial charge in [-0.1, -0.05) is 30.3 Å². The number of aromatic nitrogens is 4. The third-order valence-electron chi connectivity index (χ3n) is 5.09. The molecule has 1 aliphatic rings. The first-order valence-electron chi connectivity index (χ1n) is 8.90. The predicted octanol–water partition coefficient (Wildman–Crippen LogP) is -1.72. The highest BCUT2D eigenvalue weighted by Crippen LogP contribution is 2.13. The minimum absolute atomic E-state index is 0.273. The summed E-state index contributed by atoms with van der Waals surface area (Å²) >= 11 is 0. The number of rotatable bonds is 3. The van der Waals surface area contributed by atoms with Gasteiger partial charge in [-0.2, -0.15) is 0 Å². The lowest BCUT2D eigenvalue weighted by molar-refractivity contribution is -0.663. The molecule has 0 bridgehead atoms. The molecule has 1 aromatic carbocycles. The molecule has 3 aromatic rings. The van der Waals surface area contributed by atoms with Crippen LogP contribution in [0, 0.1) is 0 Å². The summed E-state index contributed by atoms with van der Waals surface area (Å²) in [6.07, 6.45) is 0. The number of nitrogens with two attached hydrogens (primary N) is 1. The summed E-state index contributed by atoms with van der Waals surface area (Å²) in [4.78, 5) is 30.8. The molecule has 0 atom stereocenters. The van der Waals surface area contributed by atoms with E-state index in [4.69, 9.17) is 0 Å². The largest absolute Gasteiger partial charge is 0.360 e. The second kappa shape index (κ2) is 6.45. The Labute approximate surface area is 150 Å². The first kappa shape index (κ1) is 16.6. The second-order valence-electron chi connectivity index (χ2n) is 6.78. The van der Waals surface area contributed by atoms with Gasteiger partial charge in [0, 0.05) is 14.1 Å². The highest BCUT2D eigenvalue weighted by atomic mass is 16.2. The van der Waals surface area contributed by atoms with Gasteiger partial charge in [-0.3, -0.25) is 18.8 Å². The molecule has 0 spiro atoms. The number of aryl methyl sites for hydroxylation is 1. The quantitative estimate of drug-likeness (QED) is 0.548. The Hall–Kier alpha value is -2.87. The highest BCUT2D eigenvalue weighted by molar-refractivity contribution is 5.68. The van der Waals surface area contributed by atoms with Crippen molar-refractivity contribution >= 4 is 17.1 Å². The second-order valence-corrected chi connectivity index (χ2v) is 6.78. The Balaban J connectivity index is 1.98. The summed E-state index contributed by atoms with van der Waals surface area (Å²) < 4.78 is 4.70. The molecule has 2 aromatic heterocycles. The van der Waals surface area contributed by atoms with E-state index in [1.54, 1.807) is 7.05 Å². The number of fused-ring (bicyclic) bond motifs is 1. The number of anilines is 1. The average molecular weight is 356 g/mol. The number of aromatic amines is 1. The van der Waals surface area contributed by atoms with E-state index in [-0.39, 0.29) is 11.2 Å². The SMILES string of the molecule is Cn1c(=O)c2c([nH]c(N3CC[NH2+]CC3)[n+]2Cc2ccccc2)n(C)c1=O. The van der Waals surface area contributed by atoms with Crippen LogP contribution in [-0.2, 0) is 20.6 Å². The minimum Gasteiger partial charge on any atom is -0.341 e. The molecular formula is C18H24N6O2+2. The zero-order chi connectivity index (χ0) is 18.3. The molecule has 0 radical (unpaired) electrons. The van der Waals surface area contributed by atoms with Gasteiger partial charge in [-0.05, 0) is 5.56 Å². The van der Waals surface area contributed by atoms with Gasteiger partial charge in [0.1, 0.15) is 26.2 Å². The van der Waals surface area contributed by atoms with Crippen molar-refractivity contribution in [1.82, 2.24) is 14.1 Å². The molecule has 0 aliphatic carbocycles. The normalized spacial score (nSPS) is 14.9. The van der Waals surface area contributed by atoms with Crippen molar-refractivity contribution in [3.05, 3.63) is 56.7 Å². The Kier molecular flexibility index (Phi) is 4.12. The summed E-state index contributed by atoms with van der Waals surface area (Å²) in [5, 5.41) is 2.29. The number of hydrogen-bond acceptors (Lipinski definition) is 3. The van der Waals surface area contributed by atoms with Crippen LogP contribution in [-0.4, -0.2) is 40.3 Å². The molecule has 136 valence electrons. The molecule has 1 fully saturated rings. The Morgan fingerprint density at radius 1 is 1.08 bits per heavy atom. The lowest BCUT2D eigenvalue weighted by Crippen LogP contribution is -2.90. The van der Waals surface area contributed by atoms with Crippen molar-refractivity contribution in [1.29, 1.82) is 0 Å². The van der Waals surface area contributed by atoms with Crippen LogP contribution in [0.1, 0.15) is 5.56 Å². The lowest BCUT2D eigenvalue weighted by atomic mass is 10.2. The van der Waals surface area contributed by atoms with Gasteiger partial charge in [0.2, 0.25) is 11.2 Å². The third-order valence-corrected chi connectivity index (χ3v) is 5.09. The van der Waals surface area contributed by atoms with Crippen LogP contribution in [0.5, 0.6) is 0 Å². The summed E-state index contributed by atoms with van der Waals surface area (Å²) in [5.41, 5.74) is 1.61. The molecule has 3 heterocycles. The van der Waals surface area contributed by atoms with Crippen LogP contribution in [0.25, 0.3) is 11.2 Å². The van der Waals surface area contributed by atoms with Gasteiger partial charge >= 0.3 is 11.6 Å². The summed E-state index contributed by atoms with van der Waals surface area (Å²) in [6, 6.07) is 10.1. The zero-order valence-electron chi connectivity index (χ0n) is 15.1. The van der Waals surface area contributed by atoms with Gasteiger partial charge in [-0.25, -0.2) is 14.3 Å². The molecule has 0 amide bonds. The van der Waals surface area contributed by atoms with E-state index in [1.165, 1.54) is 16.2 Å². The summed E-state index contributed by atoms with van der Waals surface area (Å²) in [7, 11) is 3.22. The number of benzene rings is 1. The van der Waals surface area contributed by atoms with Gasteiger partial charge in [0.15, 0.2) is 0 Å². The molecule has 8 heteroatoms. The van der Waals surface area contributed by atoms with Crippen molar-refractivity contribution in [2.75, 3.05) is 31.1 Å². The van der Waals surface area contributed by atoms with Crippen molar-refractivity contribution < 1.29 is 9.88 Å². The molecule has 8 nitrogen and oxygen atoms in total. The maximum Gasteiger partial charge on any atom is 0.360 e. The number of imidazole rings is 1. The standard InChI is InChI=1S/C18H22N6O2/c1-21-15-14(16(25)22(2)18(21)26)24(12-13-6-4-3-5-7-13)17(20-15)23-10-8-19-9-11-23/h3-7,19H,8-12H2,1-2H3/p+2. The van der Waals surface area contributed by atoms with E-state index >= 15 is 0 Å². The van der Waals surface area contributed by atoms with Crippen LogP contribution in [0.15, 0.2) is 39.9 Å². The molecule has 0 unspecified atom stereocenters. The Bertz CT molecular complexity index is 1060. The van der Waals surface area contributed by atoms with Gasteiger partial charge in [-0.15, -0.1) is 0 Å². The van der Waals surface area contributed by atoms with Crippen LogP contribution >= 0.6 is 0 Å². The minimum atomic E-state index is -0.325. The Morgan fingerprint density at radius 3 is 2.46 bits per heavy atom. The van der Waals surface area contributed by atoms with Crippen LogP contribution in [0.4, 0.5) is 5.95 Å². The van der Waals surface area contributed by atoms with Gasteiger partial charge in [0.25, 0.3) is 5.56 Å². The molecule has 1 saturated heterocycles. The van der Waals surface area contributed by atoms with Gasteiger partial charge < -0.3 is 5.32 Å². The first-order valence-corrected chi connectivity index (χ1v) is 8.90. The van der Waals surface area contributed by atoms with Crippen molar-refractivity contribution in [3.63, 3.8) is 0 Å². The third kappa shape index (κ3) is 2.62. The molecule has 26 heavy (non-hydrogen) atoms. The van der Waals surface area contributed by atoms with E-state index in [0.717, 1.165) is 37.7 Å². The monoisotopic (exact) mass is 356 g/mol. The van der Waals surface area contributed by atoms with E-state index < -0.39 is 0 Å². The molecular weight excluding hydrogens is 332 g/mol. The van der Waals surface area contributed by atoms with Crippen LogP contribution in [0.3, 0.4) is 0 Å². The number of piperazine rings is 1.